The number of pyridine rings is 1. The fourth-order valence-electron chi connectivity index (χ4n) is 1.72. The predicted molar refractivity (Wildman–Crippen MR) is 82.0 cm³/mol. The molecule has 1 rings (SSSR count). The van der Waals surface area contributed by atoms with Crippen LogP contribution in [0.25, 0.3) is 0 Å². The minimum Gasteiger partial charge on any atom is -0.382 e. The smallest absolute Gasteiger partial charge is 0.0976 e. The van der Waals surface area contributed by atoms with Crippen molar-refractivity contribution in [3.05, 3.63) is 24.0 Å². The average molecular weight is 281 g/mol. The fraction of sp³-hybridized carbons (Fsp3) is 0.667. The molecule has 0 radical (unpaired) electrons. The van der Waals surface area contributed by atoms with Gasteiger partial charge in [0.2, 0.25) is 0 Å². The lowest BCUT2D eigenvalue weighted by atomic mass is 10.1. The molecule has 1 aromatic heterocycles. The molecule has 5 heteroatoms. The van der Waals surface area contributed by atoms with Crippen molar-refractivity contribution in [3.63, 3.8) is 0 Å². The summed E-state index contributed by atoms with van der Waals surface area (Å²) in [5, 5.41) is 6.86. The molecule has 0 aliphatic carbocycles. The average Bonchev–Trinajstić information content (AvgIpc) is 2.41. The number of methoxy groups -OCH3 is 2. The van der Waals surface area contributed by atoms with Crippen LogP contribution in [0.15, 0.2) is 18.5 Å². The Morgan fingerprint density at radius 3 is 2.65 bits per heavy atom. The van der Waals surface area contributed by atoms with E-state index in [1.807, 2.05) is 18.5 Å². The molecule has 1 unspecified atom stereocenters. The second-order valence-electron chi connectivity index (χ2n) is 5.83. The SMILES string of the molecule is COCC(CNc1cnccc1CNC(C)(C)C)OC. The number of nitrogens with one attached hydrogen (secondary N) is 2. The highest BCUT2D eigenvalue weighted by Crippen LogP contribution is 2.14. The molecule has 1 atom stereocenters. The quantitative estimate of drug-likeness (QED) is 0.764. The summed E-state index contributed by atoms with van der Waals surface area (Å²) >= 11 is 0. The van der Waals surface area contributed by atoms with Gasteiger partial charge in [-0.2, -0.15) is 0 Å². The maximum atomic E-state index is 5.34. The molecule has 0 amide bonds. The van der Waals surface area contributed by atoms with Crippen LogP contribution in [0.2, 0.25) is 0 Å². The minimum absolute atomic E-state index is 0.0311. The van der Waals surface area contributed by atoms with Crippen molar-refractivity contribution in [2.24, 2.45) is 0 Å². The third-order valence-electron chi connectivity index (χ3n) is 2.93. The second-order valence-corrected chi connectivity index (χ2v) is 5.83. The number of hydrogen-bond donors (Lipinski definition) is 2. The molecule has 0 aliphatic rings. The molecule has 1 heterocycles. The monoisotopic (exact) mass is 281 g/mol. The van der Waals surface area contributed by atoms with Crippen LogP contribution in [0.4, 0.5) is 5.69 Å². The zero-order valence-electron chi connectivity index (χ0n) is 13.2. The summed E-state index contributed by atoms with van der Waals surface area (Å²) < 4.78 is 10.5. The first-order valence-electron chi connectivity index (χ1n) is 6.90. The van der Waals surface area contributed by atoms with E-state index in [1.165, 1.54) is 5.56 Å². The first-order chi connectivity index (χ1) is 9.46. The van der Waals surface area contributed by atoms with Crippen LogP contribution in [-0.2, 0) is 16.0 Å². The van der Waals surface area contributed by atoms with Gasteiger partial charge in [-0.3, -0.25) is 4.98 Å². The van der Waals surface area contributed by atoms with Gasteiger partial charge in [-0.15, -0.1) is 0 Å². The number of rotatable bonds is 8. The maximum Gasteiger partial charge on any atom is 0.0976 e. The third kappa shape index (κ3) is 6.32. The lowest BCUT2D eigenvalue weighted by Gasteiger charge is -2.22. The number of ether oxygens (including phenoxy) is 2. The summed E-state index contributed by atoms with van der Waals surface area (Å²) in [4.78, 5) is 4.18. The molecular weight excluding hydrogens is 254 g/mol. The van der Waals surface area contributed by atoms with Gasteiger partial charge in [-0.1, -0.05) is 0 Å². The fourth-order valence-corrected chi connectivity index (χ4v) is 1.72. The van der Waals surface area contributed by atoms with Gasteiger partial charge in [0.25, 0.3) is 0 Å². The van der Waals surface area contributed by atoms with Crippen molar-refractivity contribution in [2.45, 2.75) is 39.0 Å². The predicted octanol–water partition coefficient (Wildman–Crippen LogP) is 2.04. The van der Waals surface area contributed by atoms with Crippen LogP contribution >= 0.6 is 0 Å². The molecule has 0 spiro atoms. The lowest BCUT2D eigenvalue weighted by Crippen LogP contribution is -2.35. The van der Waals surface area contributed by atoms with Crippen LogP contribution in [0.5, 0.6) is 0 Å². The van der Waals surface area contributed by atoms with Crippen LogP contribution < -0.4 is 10.6 Å². The molecule has 2 N–H and O–H groups in total. The summed E-state index contributed by atoms with van der Waals surface area (Å²) in [7, 11) is 3.37. The van der Waals surface area contributed by atoms with Gasteiger partial charge >= 0.3 is 0 Å². The zero-order valence-corrected chi connectivity index (χ0v) is 13.2. The Kier molecular flexibility index (Phi) is 6.91. The van der Waals surface area contributed by atoms with Gasteiger partial charge in [-0.25, -0.2) is 0 Å². The summed E-state index contributed by atoms with van der Waals surface area (Å²) in [6, 6.07) is 2.03. The Morgan fingerprint density at radius 1 is 1.30 bits per heavy atom. The van der Waals surface area contributed by atoms with Crippen LogP contribution in [0.1, 0.15) is 26.3 Å². The summed E-state index contributed by atoms with van der Waals surface area (Å²) in [6.07, 6.45) is 3.69. The topological polar surface area (TPSA) is 55.4 Å². The summed E-state index contributed by atoms with van der Waals surface area (Å²) in [5.74, 6) is 0. The van der Waals surface area contributed by atoms with Gasteiger partial charge in [-0.05, 0) is 32.4 Å². The van der Waals surface area contributed by atoms with Gasteiger partial charge in [0.15, 0.2) is 0 Å². The molecular formula is C15H27N3O2. The van der Waals surface area contributed by atoms with Crippen molar-refractivity contribution < 1.29 is 9.47 Å². The Balaban J connectivity index is 2.61. The van der Waals surface area contributed by atoms with Crippen molar-refractivity contribution >= 4 is 5.69 Å². The molecule has 0 saturated heterocycles. The number of nitrogens with zero attached hydrogens (tertiary/aromatic N) is 1. The molecule has 5 nitrogen and oxygen atoms in total. The second kappa shape index (κ2) is 8.19. The van der Waals surface area contributed by atoms with Crippen molar-refractivity contribution in [1.29, 1.82) is 0 Å². The first kappa shape index (κ1) is 16.9. The van der Waals surface area contributed by atoms with E-state index in [4.69, 9.17) is 9.47 Å². The normalized spacial score (nSPS) is 13.2. The largest absolute Gasteiger partial charge is 0.382 e. The van der Waals surface area contributed by atoms with Gasteiger partial charge in [0.05, 0.1) is 24.6 Å². The lowest BCUT2D eigenvalue weighted by molar-refractivity contribution is 0.0365. The van der Waals surface area contributed by atoms with Crippen LogP contribution in [0, 0.1) is 0 Å². The highest BCUT2D eigenvalue weighted by atomic mass is 16.5. The van der Waals surface area contributed by atoms with E-state index in [2.05, 4.69) is 36.4 Å². The molecule has 0 saturated carbocycles. The maximum absolute atomic E-state index is 5.34. The van der Waals surface area contributed by atoms with Gasteiger partial charge in [0, 0.05) is 39.0 Å². The minimum atomic E-state index is 0.0311. The molecule has 1 aromatic rings. The number of hydrogen-bond acceptors (Lipinski definition) is 5. The Hall–Kier alpha value is -1.17. The van der Waals surface area contributed by atoms with E-state index in [9.17, 15) is 0 Å². The summed E-state index contributed by atoms with van der Waals surface area (Å²) in [5.41, 5.74) is 2.32. The number of aromatic nitrogens is 1. The Labute approximate surface area is 122 Å². The Bertz CT molecular complexity index is 391. The highest BCUT2D eigenvalue weighted by molar-refractivity contribution is 5.48. The molecule has 0 aliphatic heterocycles. The van der Waals surface area contributed by atoms with Crippen molar-refractivity contribution in [1.82, 2.24) is 10.3 Å². The van der Waals surface area contributed by atoms with E-state index >= 15 is 0 Å². The van der Waals surface area contributed by atoms with Crippen molar-refractivity contribution in [2.75, 3.05) is 32.7 Å². The number of anilines is 1. The van der Waals surface area contributed by atoms with Crippen molar-refractivity contribution in [3.8, 4) is 0 Å². The molecule has 0 bridgehead atoms. The molecule has 20 heavy (non-hydrogen) atoms. The Morgan fingerprint density at radius 2 is 2.05 bits per heavy atom. The molecule has 0 aromatic carbocycles. The highest BCUT2D eigenvalue weighted by Gasteiger charge is 2.12. The van der Waals surface area contributed by atoms with E-state index in [1.54, 1.807) is 14.2 Å². The van der Waals surface area contributed by atoms with E-state index in [-0.39, 0.29) is 11.6 Å². The van der Waals surface area contributed by atoms with E-state index in [0.29, 0.717) is 13.2 Å². The molecule has 114 valence electrons. The summed E-state index contributed by atoms with van der Waals surface area (Å²) in [6.45, 7) is 8.52. The standard InChI is InChI=1S/C15H27N3O2/c1-15(2,3)18-8-12-6-7-16-10-14(12)17-9-13(20-5)11-19-4/h6-7,10,13,17-18H,8-9,11H2,1-5H3. The first-order valence-corrected chi connectivity index (χ1v) is 6.90. The van der Waals surface area contributed by atoms with Crippen LogP contribution in [0.3, 0.4) is 0 Å². The van der Waals surface area contributed by atoms with Gasteiger partial charge < -0.3 is 20.1 Å². The van der Waals surface area contributed by atoms with E-state index < -0.39 is 0 Å². The van der Waals surface area contributed by atoms with Crippen LogP contribution in [-0.4, -0.2) is 44.0 Å². The third-order valence-corrected chi connectivity index (χ3v) is 2.93. The molecule has 0 fully saturated rings. The zero-order chi connectivity index (χ0) is 15.0. The van der Waals surface area contributed by atoms with E-state index in [0.717, 1.165) is 12.2 Å². The van der Waals surface area contributed by atoms with Gasteiger partial charge in [0.1, 0.15) is 0 Å².